The number of carbonyl (C=O) groups is 1. The SMILES string of the molecule is C#CCOc1ccc(/C=C(\C#N)C(=O)Nc2cccc(Cl)c2)cc1I. The van der Waals surface area contributed by atoms with Crippen LogP contribution >= 0.6 is 34.2 Å². The van der Waals surface area contributed by atoms with Crippen LogP contribution in [0, 0.1) is 27.2 Å². The van der Waals surface area contributed by atoms with E-state index < -0.39 is 5.91 Å². The third-order valence-corrected chi connectivity index (χ3v) is 4.10. The van der Waals surface area contributed by atoms with Gasteiger partial charge in [-0.25, -0.2) is 0 Å². The van der Waals surface area contributed by atoms with Crippen molar-refractivity contribution in [1.29, 1.82) is 5.26 Å². The van der Waals surface area contributed by atoms with Crippen LogP contribution in [0.25, 0.3) is 6.08 Å². The van der Waals surface area contributed by atoms with Gasteiger partial charge in [0, 0.05) is 10.7 Å². The number of hydrogen-bond donors (Lipinski definition) is 1. The minimum atomic E-state index is -0.507. The molecule has 0 atom stereocenters. The van der Waals surface area contributed by atoms with Crippen molar-refractivity contribution >= 4 is 51.9 Å². The molecule has 124 valence electrons. The highest BCUT2D eigenvalue weighted by Gasteiger charge is 2.10. The summed E-state index contributed by atoms with van der Waals surface area (Å²) in [6, 6.07) is 13.9. The van der Waals surface area contributed by atoms with Crippen molar-refractivity contribution in [2.24, 2.45) is 0 Å². The predicted molar refractivity (Wildman–Crippen MR) is 107 cm³/mol. The van der Waals surface area contributed by atoms with Gasteiger partial charge in [0.05, 0.1) is 3.57 Å². The van der Waals surface area contributed by atoms with Gasteiger partial charge in [0.15, 0.2) is 0 Å². The fraction of sp³-hybridized carbons (Fsp3) is 0.0526. The van der Waals surface area contributed by atoms with Crippen LogP contribution < -0.4 is 10.1 Å². The lowest BCUT2D eigenvalue weighted by atomic mass is 10.1. The number of ether oxygens (including phenoxy) is 1. The summed E-state index contributed by atoms with van der Waals surface area (Å²) in [6.45, 7) is 0.177. The molecular formula is C19H12ClIN2O2. The van der Waals surface area contributed by atoms with E-state index in [0.717, 1.165) is 3.57 Å². The first-order valence-corrected chi connectivity index (χ1v) is 8.53. The summed E-state index contributed by atoms with van der Waals surface area (Å²) in [4.78, 5) is 12.3. The Morgan fingerprint density at radius 2 is 2.16 bits per heavy atom. The Bertz CT molecular complexity index is 910. The van der Waals surface area contributed by atoms with Crippen LogP contribution in [0.5, 0.6) is 5.75 Å². The number of terminal acetylenes is 1. The van der Waals surface area contributed by atoms with Gasteiger partial charge in [-0.05, 0) is 64.6 Å². The normalized spacial score (nSPS) is 10.5. The van der Waals surface area contributed by atoms with E-state index in [0.29, 0.717) is 22.0 Å². The van der Waals surface area contributed by atoms with Crippen molar-refractivity contribution < 1.29 is 9.53 Å². The number of carbonyl (C=O) groups excluding carboxylic acids is 1. The lowest BCUT2D eigenvalue weighted by Crippen LogP contribution is -2.13. The number of amides is 1. The number of benzene rings is 2. The molecule has 2 aromatic rings. The molecule has 25 heavy (non-hydrogen) atoms. The standard InChI is InChI=1S/C19H12ClIN2O2/c1-2-8-25-18-7-6-13(10-17(18)21)9-14(12-22)19(24)23-16-5-3-4-15(20)11-16/h1,3-7,9-11H,8H2,(H,23,24)/b14-9+. The van der Waals surface area contributed by atoms with Crippen LogP contribution in [0.3, 0.4) is 0 Å². The maximum atomic E-state index is 12.3. The zero-order valence-corrected chi connectivity index (χ0v) is 15.8. The summed E-state index contributed by atoms with van der Waals surface area (Å²) in [7, 11) is 0. The molecular weight excluding hydrogens is 451 g/mol. The molecule has 0 aliphatic heterocycles. The topological polar surface area (TPSA) is 62.1 Å². The van der Waals surface area contributed by atoms with Crippen molar-refractivity contribution in [3.63, 3.8) is 0 Å². The van der Waals surface area contributed by atoms with E-state index in [9.17, 15) is 10.1 Å². The van der Waals surface area contributed by atoms with E-state index in [2.05, 4.69) is 33.8 Å². The van der Waals surface area contributed by atoms with Gasteiger partial charge in [-0.15, -0.1) is 6.42 Å². The van der Waals surface area contributed by atoms with Gasteiger partial charge in [-0.3, -0.25) is 4.79 Å². The van der Waals surface area contributed by atoms with Crippen LogP contribution in [0.1, 0.15) is 5.56 Å². The lowest BCUT2D eigenvalue weighted by molar-refractivity contribution is -0.112. The lowest BCUT2D eigenvalue weighted by Gasteiger charge is -2.07. The van der Waals surface area contributed by atoms with Crippen molar-refractivity contribution in [1.82, 2.24) is 0 Å². The second kappa shape index (κ2) is 9.12. The van der Waals surface area contributed by atoms with Crippen LogP contribution in [0.4, 0.5) is 5.69 Å². The van der Waals surface area contributed by atoms with Gasteiger partial charge in [-0.1, -0.05) is 29.7 Å². The van der Waals surface area contributed by atoms with Gasteiger partial charge < -0.3 is 10.1 Å². The highest BCUT2D eigenvalue weighted by atomic mass is 127. The molecule has 0 aromatic heterocycles. The first-order chi connectivity index (χ1) is 12.0. The van der Waals surface area contributed by atoms with Crippen LogP contribution in [-0.4, -0.2) is 12.5 Å². The summed E-state index contributed by atoms with van der Waals surface area (Å²) in [5.74, 6) is 2.54. The van der Waals surface area contributed by atoms with E-state index in [4.69, 9.17) is 22.8 Å². The average Bonchev–Trinajstić information content (AvgIpc) is 2.58. The second-order valence-electron chi connectivity index (χ2n) is 4.82. The van der Waals surface area contributed by atoms with E-state index >= 15 is 0 Å². The number of nitrogens with one attached hydrogen (secondary N) is 1. The molecule has 0 heterocycles. The molecule has 2 rings (SSSR count). The van der Waals surface area contributed by atoms with Crippen molar-refractivity contribution in [3.8, 4) is 24.2 Å². The number of nitriles is 1. The van der Waals surface area contributed by atoms with Gasteiger partial charge in [0.25, 0.3) is 5.91 Å². The first-order valence-electron chi connectivity index (χ1n) is 7.08. The number of anilines is 1. The van der Waals surface area contributed by atoms with Crippen LogP contribution in [0.2, 0.25) is 5.02 Å². The zero-order valence-electron chi connectivity index (χ0n) is 12.9. The second-order valence-corrected chi connectivity index (χ2v) is 6.42. The minimum Gasteiger partial charge on any atom is -0.480 e. The summed E-state index contributed by atoms with van der Waals surface area (Å²) in [6.07, 6.45) is 6.68. The fourth-order valence-corrected chi connectivity index (χ4v) is 2.81. The molecule has 0 fully saturated rings. The maximum absolute atomic E-state index is 12.3. The summed E-state index contributed by atoms with van der Waals surface area (Å²) < 4.78 is 6.22. The summed E-state index contributed by atoms with van der Waals surface area (Å²) >= 11 is 7.99. The summed E-state index contributed by atoms with van der Waals surface area (Å²) in [5.41, 5.74) is 1.20. The Labute approximate surface area is 164 Å². The number of nitrogens with zero attached hydrogens (tertiary/aromatic N) is 1. The van der Waals surface area contributed by atoms with E-state index in [-0.39, 0.29) is 12.2 Å². The Kier molecular flexibility index (Phi) is 6.88. The van der Waals surface area contributed by atoms with E-state index in [1.165, 1.54) is 6.08 Å². The Balaban J connectivity index is 2.19. The molecule has 1 N–H and O–H groups in total. The third kappa shape index (κ3) is 5.53. The Hall–Kier alpha value is -2.48. The number of hydrogen-bond acceptors (Lipinski definition) is 3. The Morgan fingerprint density at radius 1 is 1.36 bits per heavy atom. The quantitative estimate of drug-likeness (QED) is 0.308. The predicted octanol–water partition coefficient (Wildman–Crippen LogP) is 4.50. The van der Waals surface area contributed by atoms with Crippen LogP contribution in [-0.2, 0) is 4.79 Å². The van der Waals surface area contributed by atoms with Crippen molar-refractivity contribution in [3.05, 3.63) is 62.2 Å². The smallest absolute Gasteiger partial charge is 0.266 e. The van der Waals surface area contributed by atoms with E-state index in [1.807, 2.05) is 6.07 Å². The monoisotopic (exact) mass is 462 g/mol. The number of rotatable bonds is 5. The van der Waals surface area contributed by atoms with E-state index in [1.54, 1.807) is 42.5 Å². The van der Waals surface area contributed by atoms with Crippen molar-refractivity contribution in [2.75, 3.05) is 11.9 Å². The van der Waals surface area contributed by atoms with Gasteiger partial charge >= 0.3 is 0 Å². The molecule has 0 spiro atoms. The van der Waals surface area contributed by atoms with Crippen LogP contribution in [0.15, 0.2) is 48.0 Å². The molecule has 0 saturated heterocycles. The van der Waals surface area contributed by atoms with Gasteiger partial charge in [0.2, 0.25) is 0 Å². The highest BCUT2D eigenvalue weighted by molar-refractivity contribution is 14.1. The minimum absolute atomic E-state index is 0.0203. The zero-order chi connectivity index (χ0) is 18.2. The van der Waals surface area contributed by atoms with Gasteiger partial charge in [0.1, 0.15) is 24.0 Å². The third-order valence-electron chi connectivity index (χ3n) is 3.03. The molecule has 0 aliphatic carbocycles. The number of halogens is 2. The first kappa shape index (κ1) is 18.9. The highest BCUT2D eigenvalue weighted by Crippen LogP contribution is 2.23. The average molecular weight is 463 g/mol. The molecule has 0 unspecified atom stereocenters. The molecule has 1 amide bonds. The molecule has 0 radical (unpaired) electrons. The Morgan fingerprint density at radius 3 is 2.80 bits per heavy atom. The fourth-order valence-electron chi connectivity index (χ4n) is 1.92. The maximum Gasteiger partial charge on any atom is 0.266 e. The molecule has 6 heteroatoms. The molecule has 4 nitrogen and oxygen atoms in total. The largest absolute Gasteiger partial charge is 0.480 e. The molecule has 2 aromatic carbocycles. The summed E-state index contributed by atoms with van der Waals surface area (Å²) in [5, 5.41) is 12.4. The van der Waals surface area contributed by atoms with Crippen molar-refractivity contribution in [2.45, 2.75) is 0 Å². The molecule has 0 aliphatic rings. The van der Waals surface area contributed by atoms with Gasteiger partial charge in [-0.2, -0.15) is 5.26 Å². The molecule has 0 bridgehead atoms. The molecule has 0 saturated carbocycles.